The van der Waals surface area contributed by atoms with Gasteiger partial charge in [-0.2, -0.15) is 0 Å². The molecule has 0 radical (unpaired) electrons. The summed E-state index contributed by atoms with van der Waals surface area (Å²) in [6.45, 7) is 9.17. The highest BCUT2D eigenvalue weighted by molar-refractivity contribution is 14.0. The first-order valence-electron chi connectivity index (χ1n) is 7.49. The summed E-state index contributed by atoms with van der Waals surface area (Å²) in [5.74, 6) is 0.970. The Morgan fingerprint density at radius 3 is 2.42 bits per heavy atom. The molecule has 1 rings (SSSR count). The van der Waals surface area contributed by atoms with Gasteiger partial charge in [0.15, 0.2) is 5.96 Å². The molecule has 1 aliphatic rings. The minimum Gasteiger partial charge on any atom is -0.356 e. The Hall–Kier alpha value is -0.0400. The smallest absolute Gasteiger partial charge is 0.191 e. The maximum Gasteiger partial charge on any atom is 0.191 e. The van der Waals surface area contributed by atoms with E-state index in [2.05, 4.69) is 34.4 Å². The van der Waals surface area contributed by atoms with Crippen LogP contribution in [0, 0.1) is 0 Å². The van der Waals surface area contributed by atoms with Crippen molar-refractivity contribution in [3.63, 3.8) is 0 Å². The predicted molar refractivity (Wildman–Crippen MR) is 94.6 cm³/mol. The Morgan fingerprint density at radius 2 is 1.89 bits per heavy atom. The van der Waals surface area contributed by atoms with Crippen LogP contribution in [-0.2, 0) is 0 Å². The lowest BCUT2D eigenvalue weighted by Gasteiger charge is -2.32. The first-order valence-corrected chi connectivity index (χ1v) is 7.49. The van der Waals surface area contributed by atoms with Gasteiger partial charge in [-0.15, -0.1) is 24.0 Å². The van der Waals surface area contributed by atoms with Gasteiger partial charge in [0, 0.05) is 32.7 Å². The highest BCUT2D eigenvalue weighted by Gasteiger charge is 2.18. The van der Waals surface area contributed by atoms with Crippen molar-refractivity contribution in [3.8, 4) is 0 Å². The first kappa shape index (κ1) is 19.0. The number of aliphatic imine (C=N–C) groups is 1. The van der Waals surface area contributed by atoms with Gasteiger partial charge in [0.2, 0.25) is 0 Å². The van der Waals surface area contributed by atoms with E-state index in [9.17, 15) is 0 Å². The molecule has 5 heteroatoms. The van der Waals surface area contributed by atoms with Gasteiger partial charge in [-0.05, 0) is 32.2 Å². The summed E-state index contributed by atoms with van der Waals surface area (Å²) in [7, 11) is 1.85. The summed E-state index contributed by atoms with van der Waals surface area (Å²) in [4.78, 5) is 6.85. The topological polar surface area (TPSA) is 39.7 Å². The molecule has 2 N–H and O–H groups in total. The summed E-state index contributed by atoms with van der Waals surface area (Å²) in [5.41, 5.74) is 0. The van der Waals surface area contributed by atoms with Crippen molar-refractivity contribution >= 4 is 29.9 Å². The van der Waals surface area contributed by atoms with Crippen LogP contribution in [0.1, 0.15) is 46.0 Å². The quantitative estimate of drug-likeness (QED) is 0.321. The zero-order valence-corrected chi connectivity index (χ0v) is 15.1. The minimum atomic E-state index is 0. The maximum absolute atomic E-state index is 4.29. The van der Waals surface area contributed by atoms with E-state index in [1.807, 2.05) is 7.05 Å². The van der Waals surface area contributed by atoms with E-state index in [1.165, 1.54) is 51.7 Å². The standard InChI is InChI=1S/C14H30N4.HI/c1-4-6-9-16-14(15-3)17-13-7-11-18(10-5-2)12-8-13;/h13H,4-12H2,1-3H3,(H2,15,16,17);1H. The third kappa shape index (κ3) is 7.97. The van der Waals surface area contributed by atoms with Gasteiger partial charge in [0.25, 0.3) is 0 Å². The third-order valence-electron chi connectivity index (χ3n) is 3.51. The van der Waals surface area contributed by atoms with Crippen molar-refractivity contribution in [3.05, 3.63) is 0 Å². The van der Waals surface area contributed by atoms with Gasteiger partial charge < -0.3 is 15.5 Å². The van der Waals surface area contributed by atoms with Crippen molar-refractivity contribution in [2.24, 2.45) is 4.99 Å². The van der Waals surface area contributed by atoms with Gasteiger partial charge >= 0.3 is 0 Å². The normalized spacial score (nSPS) is 17.9. The molecule has 0 atom stereocenters. The number of likely N-dealkylation sites (tertiary alicyclic amines) is 1. The van der Waals surface area contributed by atoms with Gasteiger partial charge in [0.05, 0.1) is 0 Å². The van der Waals surface area contributed by atoms with E-state index < -0.39 is 0 Å². The highest BCUT2D eigenvalue weighted by Crippen LogP contribution is 2.10. The summed E-state index contributed by atoms with van der Waals surface area (Å²) in [6.07, 6.45) is 6.15. The number of piperidine rings is 1. The molecular formula is C14H31IN4. The minimum absolute atomic E-state index is 0. The van der Waals surface area contributed by atoms with Crippen LogP contribution in [0.2, 0.25) is 0 Å². The Balaban J connectivity index is 0.00000324. The van der Waals surface area contributed by atoms with E-state index >= 15 is 0 Å². The van der Waals surface area contributed by atoms with E-state index in [0.717, 1.165) is 12.5 Å². The predicted octanol–water partition coefficient (Wildman–Crippen LogP) is 2.44. The number of unbranched alkanes of at least 4 members (excludes halogenated alkanes) is 1. The van der Waals surface area contributed by atoms with Crippen LogP contribution < -0.4 is 10.6 Å². The molecule has 0 bridgehead atoms. The average Bonchev–Trinajstić information content (AvgIpc) is 2.40. The van der Waals surface area contributed by atoms with Crippen molar-refractivity contribution in [1.29, 1.82) is 0 Å². The lowest BCUT2D eigenvalue weighted by Crippen LogP contribution is -2.48. The average molecular weight is 382 g/mol. The fourth-order valence-electron chi connectivity index (χ4n) is 2.39. The van der Waals surface area contributed by atoms with Crippen LogP contribution in [0.15, 0.2) is 4.99 Å². The molecule has 0 unspecified atom stereocenters. The maximum atomic E-state index is 4.29. The first-order chi connectivity index (χ1) is 8.80. The number of hydrogen-bond donors (Lipinski definition) is 2. The highest BCUT2D eigenvalue weighted by atomic mass is 127. The molecule has 4 nitrogen and oxygen atoms in total. The molecule has 0 aromatic carbocycles. The number of hydrogen-bond acceptors (Lipinski definition) is 2. The molecule has 19 heavy (non-hydrogen) atoms. The number of nitrogens with zero attached hydrogens (tertiary/aromatic N) is 2. The van der Waals surface area contributed by atoms with E-state index in [1.54, 1.807) is 0 Å². The van der Waals surface area contributed by atoms with Crippen LogP contribution in [-0.4, -0.2) is 50.1 Å². The zero-order valence-electron chi connectivity index (χ0n) is 12.7. The number of nitrogens with one attached hydrogen (secondary N) is 2. The molecule has 114 valence electrons. The molecule has 0 aromatic rings. The van der Waals surface area contributed by atoms with Gasteiger partial charge in [-0.25, -0.2) is 0 Å². The Bertz CT molecular complexity index is 238. The Labute approximate surface area is 135 Å². The van der Waals surface area contributed by atoms with Crippen LogP contribution in [0.25, 0.3) is 0 Å². The molecule has 1 fully saturated rings. The summed E-state index contributed by atoms with van der Waals surface area (Å²) in [5, 5.41) is 6.92. The van der Waals surface area contributed by atoms with Crippen molar-refractivity contribution in [2.45, 2.75) is 52.0 Å². The molecule has 1 saturated heterocycles. The molecule has 0 aliphatic carbocycles. The Kier molecular flexibility index (Phi) is 11.7. The largest absolute Gasteiger partial charge is 0.356 e. The third-order valence-corrected chi connectivity index (χ3v) is 3.51. The second-order valence-electron chi connectivity index (χ2n) is 5.11. The summed E-state index contributed by atoms with van der Waals surface area (Å²) >= 11 is 0. The van der Waals surface area contributed by atoms with E-state index in [0.29, 0.717) is 6.04 Å². The number of halogens is 1. The number of guanidine groups is 1. The van der Waals surface area contributed by atoms with E-state index in [-0.39, 0.29) is 24.0 Å². The van der Waals surface area contributed by atoms with Gasteiger partial charge in [0.1, 0.15) is 0 Å². The van der Waals surface area contributed by atoms with Crippen molar-refractivity contribution in [1.82, 2.24) is 15.5 Å². The second-order valence-corrected chi connectivity index (χ2v) is 5.11. The molecule has 1 aliphatic heterocycles. The van der Waals surface area contributed by atoms with E-state index in [4.69, 9.17) is 0 Å². The lowest BCUT2D eigenvalue weighted by atomic mass is 10.1. The molecule has 0 saturated carbocycles. The molecule has 0 aromatic heterocycles. The van der Waals surface area contributed by atoms with Crippen LogP contribution >= 0.6 is 24.0 Å². The molecule has 0 spiro atoms. The molecule has 1 heterocycles. The van der Waals surface area contributed by atoms with Crippen LogP contribution in [0.5, 0.6) is 0 Å². The van der Waals surface area contributed by atoms with Gasteiger partial charge in [-0.3, -0.25) is 4.99 Å². The van der Waals surface area contributed by atoms with Crippen LogP contribution in [0.4, 0.5) is 0 Å². The fraction of sp³-hybridized carbons (Fsp3) is 0.929. The summed E-state index contributed by atoms with van der Waals surface area (Å²) < 4.78 is 0. The molecular weight excluding hydrogens is 351 g/mol. The zero-order chi connectivity index (χ0) is 13.2. The lowest BCUT2D eigenvalue weighted by molar-refractivity contribution is 0.206. The summed E-state index contributed by atoms with van der Waals surface area (Å²) in [6, 6.07) is 0.589. The van der Waals surface area contributed by atoms with Crippen molar-refractivity contribution in [2.75, 3.05) is 33.2 Å². The Morgan fingerprint density at radius 1 is 1.21 bits per heavy atom. The van der Waals surface area contributed by atoms with Crippen LogP contribution in [0.3, 0.4) is 0 Å². The second kappa shape index (κ2) is 11.8. The monoisotopic (exact) mass is 382 g/mol. The molecule has 0 amide bonds. The number of rotatable bonds is 6. The van der Waals surface area contributed by atoms with Gasteiger partial charge in [-0.1, -0.05) is 20.3 Å². The van der Waals surface area contributed by atoms with Crippen molar-refractivity contribution < 1.29 is 0 Å². The SMILES string of the molecule is CCCCNC(=NC)NC1CCN(CCC)CC1.I. The fourth-order valence-corrected chi connectivity index (χ4v) is 2.39.